The highest BCUT2D eigenvalue weighted by atomic mass is 16.7. The zero-order valence-electron chi connectivity index (χ0n) is 13.5. The van der Waals surface area contributed by atoms with Gasteiger partial charge in [0, 0.05) is 5.54 Å². The second-order valence-corrected chi connectivity index (χ2v) is 6.78. The third kappa shape index (κ3) is 2.46. The monoisotopic (exact) mass is 320 g/mol. The van der Waals surface area contributed by atoms with Gasteiger partial charge in [0.25, 0.3) is 5.91 Å². The first kappa shape index (κ1) is 15.8. The molecule has 7 heteroatoms. The first-order valence-corrected chi connectivity index (χ1v) is 7.42. The third-order valence-corrected chi connectivity index (χ3v) is 4.16. The van der Waals surface area contributed by atoms with Crippen molar-refractivity contribution in [2.75, 3.05) is 7.11 Å². The molecular formula is C16H20N2O5. The van der Waals surface area contributed by atoms with Gasteiger partial charge in [0.15, 0.2) is 17.6 Å². The van der Waals surface area contributed by atoms with Crippen LogP contribution < -0.4 is 10.1 Å². The van der Waals surface area contributed by atoms with E-state index in [0.29, 0.717) is 5.75 Å². The number of hydrogen-bond acceptors (Lipinski definition) is 6. The van der Waals surface area contributed by atoms with E-state index in [2.05, 4.69) is 5.32 Å². The summed E-state index contributed by atoms with van der Waals surface area (Å²) in [4.78, 5) is 30.0. The zero-order valence-corrected chi connectivity index (χ0v) is 13.5. The van der Waals surface area contributed by atoms with E-state index in [4.69, 9.17) is 9.57 Å². The van der Waals surface area contributed by atoms with Crippen LogP contribution in [0.3, 0.4) is 0 Å². The van der Waals surface area contributed by atoms with Crippen molar-refractivity contribution in [2.24, 2.45) is 5.92 Å². The maximum atomic E-state index is 12.2. The molecule has 2 amide bonds. The Bertz CT molecular complexity index is 667. The van der Waals surface area contributed by atoms with Crippen molar-refractivity contribution in [1.29, 1.82) is 0 Å². The average molecular weight is 320 g/mol. The fraction of sp³-hybridized carbons (Fsp3) is 0.500. The van der Waals surface area contributed by atoms with Gasteiger partial charge < -0.3 is 9.84 Å². The first-order chi connectivity index (χ1) is 10.7. The van der Waals surface area contributed by atoms with E-state index < -0.39 is 29.5 Å². The average Bonchev–Trinajstić information content (AvgIpc) is 2.99. The molecule has 3 rings (SSSR count). The van der Waals surface area contributed by atoms with Crippen LogP contribution in [0.25, 0.3) is 0 Å². The van der Waals surface area contributed by atoms with Crippen molar-refractivity contribution >= 4 is 11.8 Å². The van der Waals surface area contributed by atoms with Gasteiger partial charge in [-0.3, -0.25) is 19.7 Å². The number of benzene rings is 1. The molecule has 2 fully saturated rings. The molecule has 0 bridgehead atoms. The summed E-state index contributed by atoms with van der Waals surface area (Å²) in [5.41, 5.74) is 0.327. The molecule has 124 valence electrons. The molecule has 1 aromatic rings. The predicted molar refractivity (Wildman–Crippen MR) is 80.5 cm³/mol. The number of carbonyl (C=O) groups is 2. The number of ether oxygens (including phenoxy) is 1. The molecule has 3 atom stereocenters. The van der Waals surface area contributed by atoms with Gasteiger partial charge in [-0.25, -0.2) is 0 Å². The molecule has 2 heterocycles. The molecule has 0 aliphatic carbocycles. The van der Waals surface area contributed by atoms with Crippen molar-refractivity contribution in [3.05, 3.63) is 23.8 Å². The molecule has 0 radical (unpaired) electrons. The lowest BCUT2D eigenvalue weighted by Crippen LogP contribution is -2.43. The van der Waals surface area contributed by atoms with Crippen LogP contribution in [0.5, 0.6) is 11.5 Å². The number of aromatic hydroxyl groups is 1. The van der Waals surface area contributed by atoms with E-state index in [0.717, 1.165) is 5.56 Å². The minimum atomic E-state index is -0.827. The first-order valence-electron chi connectivity index (χ1n) is 7.42. The molecule has 3 unspecified atom stereocenters. The predicted octanol–water partition coefficient (Wildman–Crippen LogP) is 1.13. The van der Waals surface area contributed by atoms with Crippen molar-refractivity contribution in [3.63, 3.8) is 0 Å². The van der Waals surface area contributed by atoms with Crippen molar-refractivity contribution in [3.8, 4) is 11.5 Å². The molecule has 2 aliphatic rings. The van der Waals surface area contributed by atoms with Gasteiger partial charge in [-0.05, 0) is 38.5 Å². The maximum absolute atomic E-state index is 12.2. The highest BCUT2D eigenvalue weighted by molar-refractivity contribution is 6.07. The van der Waals surface area contributed by atoms with Crippen LogP contribution in [-0.4, -0.2) is 40.7 Å². The van der Waals surface area contributed by atoms with E-state index in [1.54, 1.807) is 17.2 Å². The van der Waals surface area contributed by atoms with E-state index in [1.165, 1.54) is 13.2 Å². The lowest BCUT2D eigenvalue weighted by molar-refractivity contribution is -0.212. The lowest BCUT2D eigenvalue weighted by Gasteiger charge is -2.36. The molecule has 0 saturated carbocycles. The Balaban J connectivity index is 2.08. The van der Waals surface area contributed by atoms with Crippen LogP contribution >= 0.6 is 0 Å². The topological polar surface area (TPSA) is 88.1 Å². The number of imide groups is 1. The second-order valence-electron chi connectivity index (χ2n) is 6.78. The number of hydroxylamine groups is 2. The number of fused-ring (bicyclic) bond motifs is 1. The molecular weight excluding hydrogens is 300 g/mol. The summed E-state index contributed by atoms with van der Waals surface area (Å²) in [5.74, 6) is -1.06. The molecule has 23 heavy (non-hydrogen) atoms. The third-order valence-electron chi connectivity index (χ3n) is 4.16. The molecule has 7 nitrogen and oxygen atoms in total. The smallest absolute Gasteiger partial charge is 0.258 e. The quantitative estimate of drug-likeness (QED) is 0.794. The standard InChI is InChI=1S/C16H20N2O5/c1-16(2,3)18-12(8-5-6-9(19)10(7-8)22-4)11-13(23-18)15(21)17-14(11)20/h5-7,11-13,19H,1-4H3,(H,17,20,21). The largest absolute Gasteiger partial charge is 0.504 e. The summed E-state index contributed by atoms with van der Waals surface area (Å²) in [6, 6.07) is 4.45. The van der Waals surface area contributed by atoms with Gasteiger partial charge in [-0.2, -0.15) is 5.06 Å². The second kappa shape index (κ2) is 5.21. The summed E-state index contributed by atoms with van der Waals surface area (Å²) < 4.78 is 5.15. The molecule has 2 aliphatic heterocycles. The summed E-state index contributed by atoms with van der Waals surface area (Å²) in [5, 5.41) is 13.8. The number of nitrogens with zero attached hydrogens (tertiary/aromatic N) is 1. The van der Waals surface area contributed by atoms with Crippen LogP contribution in [0.15, 0.2) is 18.2 Å². The summed E-state index contributed by atoms with van der Waals surface area (Å²) in [7, 11) is 1.46. The summed E-state index contributed by atoms with van der Waals surface area (Å²) in [6.45, 7) is 5.84. The van der Waals surface area contributed by atoms with Gasteiger partial charge in [0.05, 0.1) is 19.1 Å². The van der Waals surface area contributed by atoms with Gasteiger partial charge in [0.1, 0.15) is 0 Å². The molecule has 2 N–H and O–H groups in total. The van der Waals surface area contributed by atoms with Gasteiger partial charge in [-0.1, -0.05) is 6.07 Å². The lowest BCUT2D eigenvalue weighted by atomic mass is 9.89. The Labute approximate surface area is 134 Å². The summed E-state index contributed by atoms with van der Waals surface area (Å²) in [6.07, 6.45) is -0.827. The fourth-order valence-corrected chi connectivity index (χ4v) is 3.13. The number of hydrogen-bond donors (Lipinski definition) is 2. The fourth-order valence-electron chi connectivity index (χ4n) is 3.13. The number of rotatable bonds is 2. The number of nitrogens with one attached hydrogen (secondary N) is 1. The minimum absolute atomic E-state index is 0.0148. The number of phenolic OH excluding ortho intramolecular Hbond substituents is 1. The van der Waals surface area contributed by atoms with Crippen molar-refractivity contribution in [2.45, 2.75) is 38.5 Å². The van der Waals surface area contributed by atoms with Gasteiger partial charge in [0.2, 0.25) is 5.91 Å². The highest BCUT2D eigenvalue weighted by Gasteiger charge is 2.58. The van der Waals surface area contributed by atoms with Crippen LogP contribution in [0.4, 0.5) is 0 Å². The van der Waals surface area contributed by atoms with Gasteiger partial charge in [-0.15, -0.1) is 0 Å². The normalized spacial score (nSPS) is 27.9. The number of phenols is 1. The Morgan fingerprint density at radius 2 is 1.96 bits per heavy atom. The van der Waals surface area contributed by atoms with E-state index in [-0.39, 0.29) is 11.7 Å². The van der Waals surface area contributed by atoms with E-state index in [1.807, 2.05) is 20.8 Å². The highest BCUT2D eigenvalue weighted by Crippen LogP contribution is 2.46. The van der Waals surface area contributed by atoms with Crippen LogP contribution in [-0.2, 0) is 14.4 Å². The van der Waals surface area contributed by atoms with Gasteiger partial charge >= 0.3 is 0 Å². The maximum Gasteiger partial charge on any atom is 0.258 e. The number of amides is 2. The Kier molecular flexibility index (Phi) is 3.57. The minimum Gasteiger partial charge on any atom is -0.504 e. The van der Waals surface area contributed by atoms with Crippen LogP contribution in [0, 0.1) is 5.92 Å². The number of methoxy groups -OCH3 is 1. The van der Waals surface area contributed by atoms with Crippen LogP contribution in [0.2, 0.25) is 0 Å². The Morgan fingerprint density at radius 1 is 1.26 bits per heavy atom. The molecule has 0 spiro atoms. The van der Waals surface area contributed by atoms with Crippen LogP contribution in [0.1, 0.15) is 32.4 Å². The molecule has 1 aromatic carbocycles. The molecule has 0 aromatic heterocycles. The Hall–Kier alpha value is -2.12. The zero-order chi connectivity index (χ0) is 16.9. The number of carbonyl (C=O) groups excluding carboxylic acids is 2. The molecule has 2 saturated heterocycles. The van der Waals surface area contributed by atoms with E-state index in [9.17, 15) is 14.7 Å². The van der Waals surface area contributed by atoms with Crippen molar-refractivity contribution in [1.82, 2.24) is 10.4 Å². The SMILES string of the molecule is COc1cc(C2C3C(=O)NC(=O)C3ON2C(C)(C)C)ccc1O. The summed E-state index contributed by atoms with van der Waals surface area (Å²) >= 11 is 0. The van der Waals surface area contributed by atoms with Crippen molar-refractivity contribution < 1.29 is 24.3 Å². The van der Waals surface area contributed by atoms with E-state index >= 15 is 0 Å². The Morgan fingerprint density at radius 3 is 2.57 bits per heavy atom.